The zero-order chi connectivity index (χ0) is 30.0. The summed E-state index contributed by atoms with van der Waals surface area (Å²) in [6.07, 6.45) is 3.27. The second kappa shape index (κ2) is 14.4. The highest BCUT2D eigenvalue weighted by molar-refractivity contribution is 8.00. The molecule has 1 aromatic heterocycles. The summed E-state index contributed by atoms with van der Waals surface area (Å²) >= 11 is 2.78. The molecule has 1 heterocycles. The van der Waals surface area contributed by atoms with Gasteiger partial charge in [0.1, 0.15) is 5.25 Å². The summed E-state index contributed by atoms with van der Waals surface area (Å²) in [6.45, 7) is 0. The molecule has 43 heavy (non-hydrogen) atoms. The number of hydrogen-bond acceptors (Lipinski definition) is 7. The molecular formula is C34H29N3O4S2. The van der Waals surface area contributed by atoms with Gasteiger partial charge in [-0.15, -0.1) is 23.1 Å². The number of thioether (sulfide) groups is 1. The van der Waals surface area contributed by atoms with Crippen LogP contribution in [0.1, 0.15) is 16.4 Å². The number of nitrogens with zero attached hydrogens (tertiary/aromatic N) is 1. The van der Waals surface area contributed by atoms with E-state index in [4.69, 9.17) is 9.47 Å². The third-order valence-corrected chi connectivity index (χ3v) is 8.38. The zero-order valence-electron chi connectivity index (χ0n) is 23.5. The lowest BCUT2D eigenvalue weighted by atomic mass is 10.1. The molecular weight excluding hydrogens is 579 g/mol. The first kappa shape index (κ1) is 29.6. The van der Waals surface area contributed by atoms with Gasteiger partial charge in [0.05, 0.1) is 19.9 Å². The molecule has 0 aliphatic rings. The van der Waals surface area contributed by atoms with Gasteiger partial charge < -0.3 is 20.1 Å². The number of ether oxygens (including phenoxy) is 2. The summed E-state index contributed by atoms with van der Waals surface area (Å²) in [6, 6.07) is 32.3. The fourth-order valence-corrected chi connectivity index (χ4v) is 5.95. The number of carbonyl (C=O) groups is 2. The lowest BCUT2D eigenvalue weighted by Crippen LogP contribution is -2.19. The van der Waals surface area contributed by atoms with E-state index in [2.05, 4.69) is 15.6 Å². The molecule has 9 heteroatoms. The molecule has 0 spiro atoms. The van der Waals surface area contributed by atoms with Gasteiger partial charge in [-0.25, -0.2) is 4.98 Å². The standard InChI is InChI=1S/C34H29N3O4S2/c1-40-29-19-14-25(21-30(29)41-2)28-22-42-34(36-28)37-33(39)32(24-11-7-4-8-12-24)43-27-17-15-26(16-18-27)35-31(38)20-13-23-9-5-3-6-10-23/h3-22,32H,1-2H3,(H,35,38)(H,36,37,39)/b20-13+. The summed E-state index contributed by atoms with van der Waals surface area (Å²) in [7, 11) is 3.18. The lowest BCUT2D eigenvalue weighted by Gasteiger charge is -2.16. The van der Waals surface area contributed by atoms with Gasteiger partial charge >= 0.3 is 0 Å². The fraction of sp³-hybridized carbons (Fsp3) is 0.0882. The highest BCUT2D eigenvalue weighted by Gasteiger charge is 2.23. The molecule has 2 amide bonds. The fourth-order valence-electron chi connectivity index (χ4n) is 4.20. The summed E-state index contributed by atoms with van der Waals surface area (Å²) in [5.41, 5.74) is 4.06. The molecule has 0 aliphatic carbocycles. The SMILES string of the molecule is COc1ccc(-c2csc(NC(=O)C(Sc3ccc(NC(=O)/C=C/c4ccccc4)cc3)c3ccccc3)n2)cc1OC. The maximum absolute atomic E-state index is 13.6. The second-order valence-electron chi connectivity index (χ2n) is 9.26. The van der Waals surface area contributed by atoms with E-state index in [9.17, 15) is 9.59 Å². The smallest absolute Gasteiger partial charge is 0.248 e. The van der Waals surface area contributed by atoms with Crippen molar-refractivity contribution in [2.45, 2.75) is 10.1 Å². The second-order valence-corrected chi connectivity index (χ2v) is 11.3. The number of nitrogens with one attached hydrogen (secondary N) is 2. The van der Waals surface area contributed by atoms with Crippen molar-refractivity contribution in [3.8, 4) is 22.8 Å². The lowest BCUT2D eigenvalue weighted by molar-refractivity contribution is -0.116. The average molecular weight is 608 g/mol. The number of rotatable bonds is 11. The van der Waals surface area contributed by atoms with Crippen LogP contribution in [0.5, 0.6) is 11.5 Å². The van der Waals surface area contributed by atoms with Crippen LogP contribution in [-0.4, -0.2) is 31.0 Å². The molecule has 5 aromatic rings. The molecule has 0 fully saturated rings. The van der Waals surface area contributed by atoms with Crippen molar-refractivity contribution in [1.29, 1.82) is 0 Å². The number of methoxy groups -OCH3 is 2. The molecule has 0 aliphatic heterocycles. The number of thiazole rings is 1. The third-order valence-electron chi connectivity index (χ3n) is 6.36. The normalized spacial score (nSPS) is 11.6. The van der Waals surface area contributed by atoms with Crippen molar-refractivity contribution in [1.82, 2.24) is 4.98 Å². The molecule has 2 N–H and O–H groups in total. The van der Waals surface area contributed by atoms with E-state index in [1.54, 1.807) is 20.3 Å². The Morgan fingerprint density at radius 2 is 1.53 bits per heavy atom. The Balaban J connectivity index is 1.27. The minimum atomic E-state index is -0.524. The Morgan fingerprint density at radius 3 is 2.23 bits per heavy atom. The van der Waals surface area contributed by atoms with E-state index in [1.807, 2.05) is 109 Å². The van der Waals surface area contributed by atoms with E-state index in [-0.39, 0.29) is 11.8 Å². The summed E-state index contributed by atoms with van der Waals surface area (Å²) in [5, 5.41) is 7.73. The maximum atomic E-state index is 13.6. The quantitative estimate of drug-likeness (QED) is 0.117. The number of hydrogen-bond donors (Lipinski definition) is 2. The van der Waals surface area contributed by atoms with Crippen LogP contribution in [0, 0.1) is 0 Å². The number of carbonyl (C=O) groups excluding carboxylic acids is 2. The molecule has 7 nitrogen and oxygen atoms in total. The van der Waals surface area contributed by atoms with Gasteiger partial charge in [-0.1, -0.05) is 60.7 Å². The molecule has 0 saturated carbocycles. The van der Waals surface area contributed by atoms with Gasteiger partial charge in [-0.05, 0) is 59.7 Å². The highest BCUT2D eigenvalue weighted by atomic mass is 32.2. The minimum absolute atomic E-state index is 0.187. The van der Waals surface area contributed by atoms with E-state index in [1.165, 1.54) is 29.2 Å². The Bertz CT molecular complexity index is 1710. The number of aromatic nitrogens is 1. The van der Waals surface area contributed by atoms with Gasteiger partial charge in [-0.2, -0.15) is 0 Å². The van der Waals surface area contributed by atoms with E-state index >= 15 is 0 Å². The summed E-state index contributed by atoms with van der Waals surface area (Å²) in [4.78, 5) is 31.5. The molecule has 0 bridgehead atoms. The molecule has 4 aromatic carbocycles. The molecule has 0 radical (unpaired) electrons. The van der Waals surface area contributed by atoms with Crippen LogP contribution in [0.4, 0.5) is 10.8 Å². The van der Waals surface area contributed by atoms with Crippen LogP contribution in [0.3, 0.4) is 0 Å². The molecule has 216 valence electrons. The minimum Gasteiger partial charge on any atom is -0.493 e. The van der Waals surface area contributed by atoms with Crippen molar-refractivity contribution < 1.29 is 19.1 Å². The Kier molecular flexibility index (Phi) is 9.89. The Morgan fingerprint density at radius 1 is 0.837 bits per heavy atom. The van der Waals surface area contributed by atoms with Gasteiger partial charge in [0, 0.05) is 27.6 Å². The third kappa shape index (κ3) is 7.91. The highest BCUT2D eigenvalue weighted by Crippen LogP contribution is 2.38. The van der Waals surface area contributed by atoms with Crippen molar-refractivity contribution in [2.24, 2.45) is 0 Å². The van der Waals surface area contributed by atoms with Crippen LogP contribution < -0.4 is 20.1 Å². The van der Waals surface area contributed by atoms with E-state index in [0.29, 0.717) is 22.3 Å². The number of amides is 2. The van der Waals surface area contributed by atoms with E-state index in [0.717, 1.165) is 27.3 Å². The Labute approximate surface area is 258 Å². The largest absolute Gasteiger partial charge is 0.493 e. The molecule has 0 saturated heterocycles. The molecule has 1 unspecified atom stereocenters. The van der Waals surface area contributed by atoms with Crippen molar-refractivity contribution >= 4 is 51.8 Å². The van der Waals surface area contributed by atoms with Gasteiger partial charge in [0.2, 0.25) is 11.8 Å². The van der Waals surface area contributed by atoms with Crippen LogP contribution in [0.25, 0.3) is 17.3 Å². The first-order chi connectivity index (χ1) is 21.0. The topological polar surface area (TPSA) is 89.6 Å². The van der Waals surface area contributed by atoms with Gasteiger partial charge in [0.15, 0.2) is 16.6 Å². The van der Waals surface area contributed by atoms with Crippen molar-refractivity contribution in [2.75, 3.05) is 24.9 Å². The first-order valence-electron chi connectivity index (χ1n) is 13.4. The summed E-state index contributed by atoms with van der Waals surface area (Å²) < 4.78 is 10.7. The van der Waals surface area contributed by atoms with Crippen LogP contribution >= 0.6 is 23.1 Å². The zero-order valence-corrected chi connectivity index (χ0v) is 25.2. The van der Waals surface area contributed by atoms with Gasteiger partial charge in [-0.3, -0.25) is 9.59 Å². The van der Waals surface area contributed by atoms with Crippen LogP contribution in [0.2, 0.25) is 0 Å². The molecule has 1 atom stereocenters. The van der Waals surface area contributed by atoms with E-state index < -0.39 is 5.25 Å². The number of benzene rings is 4. The van der Waals surface area contributed by atoms with Crippen LogP contribution in [-0.2, 0) is 9.59 Å². The average Bonchev–Trinajstić information content (AvgIpc) is 3.52. The predicted molar refractivity (Wildman–Crippen MR) is 175 cm³/mol. The predicted octanol–water partition coefficient (Wildman–Crippen LogP) is 7.95. The number of anilines is 2. The van der Waals surface area contributed by atoms with Gasteiger partial charge in [0.25, 0.3) is 0 Å². The first-order valence-corrected chi connectivity index (χ1v) is 15.1. The monoisotopic (exact) mass is 607 g/mol. The Hall–Kier alpha value is -4.86. The van der Waals surface area contributed by atoms with Crippen molar-refractivity contribution in [3.05, 3.63) is 126 Å². The van der Waals surface area contributed by atoms with Crippen LogP contribution in [0.15, 0.2) is 119 Å². The summed E-state index contributed by atoms with van der Waals surface area (Å²) in [5.74, 6) is 0.830. The molecule has 5 rings (SSSR count). The maximum Gasteiger partial charge on any atom is 0.248 e. The van der Waals surface area contributed by atoms with Crippen molar-refractivity contribution in [3.63, 3.8) is 0 Å².